The van der Waals surface area contributed by atoms with Crippen molar-refractivity contribution in [2.24, 2.45) is 10.8 Å². The maximum Gasteiger partial charge on any atom is 0.164 e. The highest BCUT2D eigenvalue weighted by Crippen LogP contribution is 2.27. The van der Waals surface area contributed by atoms with Crippen molar-refractivity contribution >= 4 is 5.78 Å². The zero-order valence-corrected chi connectivity index (χ0v) is 10.4. The number of carbonyl (C=O) groups excluding carboxylic acids is 1. The maximum atomic E-state index is 11.7. The Morgan fingerprint density at radius 1 is 1.00 bits per heavy atom. The van der Waals surface area contributed by atoms with Gasteiger partial charge >= 0.3 is 0 Å². The number of ketones is 1. The van der Waals surface area contributed by atoms with Gasteiger partial charge in [0, 0.05) is 16.9 Å². The van der Waals surface area contributed by atoms with E-state index in [0.717, 1.165) is 5.76 Å². The second kappa shape index (κ2) is 4.16. The Morgan fingerprint density at radius 2 is 1.43 bits per heavy atom. The SMILES string of the molecule is CO/C(=C\C(=O)C(C)(C)C)C(C)(C)C. The molecule has 2 heteroatoms. The van der Waals surface area contributed by atoms with Gasteiger partial charge in [-0.2, -0.15) is 0 Å². The first kappa shape index (κ1) is 13.2. The monoisotopic (exact) mass is 198 g/mol. The highest BCUT2D eigenvalue weighted by Gasteiger charge is 2.24. The smallest absolute Gasteiger partial charge is 0.164 e. The highest BCUT2D eigenvalue weighted by atomic mass is 16.5. The first-order valence-corrected chi connectivity index (χ1v) is 4.89. The van der Waals surface area contributed by atoms with Crippen molar-refractivity contribution in [1.82, 2.24) is 0 Å². The predicted molar refractivity (Wildman–Crippen MR) is 59.0 cm³/mol. The summed E-state index contributed by atoms with van der Waals surface area (Å²) in [4.78, 5) is 11.7. The van der Waals surface area contributed by atoms with Gasteiger partial charge in [0.2, 0.25) is 0 Å². The summed E-state index contributed by atoms with van der Waals surface area (Å²) >= 11 is 0. The summed E-state index contributed by atoms with van der Waals surface area (Å²) in [6.45, 7) is 11.8. The summed E-state index contributed by atoms with van der Waals surface area (Å²) in [5.74, 6) is 0.835. The molecule has 0 atom stereocenters. The number of rotatable bonds is 2. The molecule has 0 aliphatic carbocycles. The molecule has 0 spiro atoms. The molecule has 0 heterocycles. The summed E-state index contributed by atoms with van der Waals surface area (Å²) in [5.41, 5.74) is -0.454. The molecular weight excluding hydrogens is 176 g/mol. The van der Waals surface area contributed by atoms with Crippen LogP contribution in [0.2, 0.25) is 0 Å². The molecule has 0 bridgehead atoms. The third kappa shape index (κ3) is 3.95. The van der Waals surface area contributed by atoms with Crippen LogP contribution in [0.15, 0.2) is 11.8 Å². The summed E-state index contributed by atoms with van der Waals surface area (Å²) in [6, 6.07) is 0. The molecule has 0 saturated heterocycles. The summed E-state index contributed by atoms with van der Waals surface area (Å²) < 4.78 is 5.22. The van der Waals surface area contributed by atoms with Crippen molar-refractivity contribution in [1.29, 1.82) is 0 Å². The topological polar surface area (TPSA) is 26.3 Å². The van der Waals surface area contributed by atoms with E-state index in [9.17, 15) is 4.79 Å². The van der Waals surface area contributed by atoms with Gasteiger partial charge in [0.25, 0.3) is 0 Å². The summed E-state index contributed by atoms with van der Waals surface area (Å²) in [7, 11) is 1.60. The molecule has 0 aromatic heterocycles. The largest absolute Gasteiger partial charge is 0.500 e. The molecule has 2 nitrogen and oxygen atoms in total. The van der Waals surface area contributed by atoms with Gasteiger partial charge in [-0.25, -0.2) is 0 Å². The van der Waals surface area contributed by atoms with E-state index in [1.54, 1.807) is 13.2 Å². The fraction of sp³-hybridized carbons (Fsp3) is 0.750. The Morgan fingerprint density at radius 3 is 1.64 bits per heavy atom. The lowest BCUT2D eigenvalue weighted by Gasteiger charge is -2.23. The Kier molecular flexibility index (Phi) is 3.92. The predicted octanol–water partition coefficient (Wildman–Crippen LogP) is 3.18. The van der Waals surface area contributed by atoms with Crippen LogP contribution in [-0.4, -0.2) is 12.9 Å². The van der Waals surface area contributed by atoms with Crippen LogP contribution in [0.5, 0.6) is 0 Å². The lowest BCUT2D eigenvalue weighted by atomic mass is 9.87. The lowest BCUT2D eigenvalue weighted by molar-refractivity contribution is -0.121. The maximum absolute atomic E-state index is 11.7. The molecule has 0 saturated carbocycles. The minimum absolute atomic E-state index is 0.101. The van der Waals surface area contributed by atoms with E-state index in [1.165, 1.54) is 0 Å². The van der Waals surface area contributed by atoms with E-state index in [4.69, 9.17) is 4.74 Å². The van der Waals surface area contributed by atoms with Crippen molar-refractivity contribution in [2.45, 2.75) is 41.5 Å². The molecule has 0 amide bonds. The van der Waals surface area contributed by atoms with E-state index in [0.29, 0.717) is 0 Å². The molecule has 0 rings (SSSR count). The van der Waals surface area contributed by atoms with E-state index in [2.05, 4.69) is 0 Å². The van der Waals surface area contributed by atoms with Crippen LogP contribution in [0, 0.1) is 10.8 Å². The zero-order valence-electron chi connectivity index (χ0n) is 10.4. The normalized spacial score (nSPS) is 14.1. The van der Waals surface area contributed by atoms with Gasteiger partial charge in [0.05, 0.1) is 7.11 Å². The second-order valence-electron chi connectivity index (χ2n) is 5.58. The van der Waals surface area contributed by atoms with Gasteiger partial charge in [-0.05, 0) is 0 Å². The van der Waals surface area contributed by atoms with Gasteiger partial charge in [-0.15, -0.1) is 0 Å². The van der Waals surface area contributed by atoms with Gasteiger partial charge < -0.3 is 4.74 Å². The molecule has 0 aliphatic heterocycles. The molecule has 0 aliphatic rings. The Bertz CT molecular complexity index is 236. The molecule has 0 unspecified atom stereocenters. The van der Waals surface area contributed by atoms with Gasteiger partial charge in [-0.3, -0.25) is 4.79 Å². The number of ether oxygens (including phenoxy) is 1. The minimum Gasteiger partial charge on any atom is -0.500 e. The second-order valence-corrected chi connectivity index (χ2v) is 5.58. The van der Waals surface area contributed by atoms with E-state index in [-0.39, 0.29) is 16.6 Å². The average Bonchev–Trinajstić information content (AvgIpc) is 1.95. The average molecular weight is 198 g/mol. The molecule has 0 aromatic rings. The Labute approximate surface area is 87.3 Å². The molecule has 0 aromatic carbocycles. The van der Waals surface area contributed by atoms with Crippen molar-refractivity contribution in [2.75, 3.05) is 7.11 Å². The van der Waals surface area contributed by atoms with Gasteiger partial charge in [0.1, 0.15) is 5.76 Å². The standard InChI is InChI=1S/C12H22O2/c1-11(2,3)9(13)8-10(14-7)12(4,5)6/h8H,1-7H3/b10-8-. The molecule has 82 valence electrons. The lowest BCUT2D eigenvalue weighted by Crippen LogP contribution is -2.21. The van der Waals surface area contributed by atoms with Crippen LogP contribution < -0.4 is 0 Å². The van der Waals surface area contributed by atoms with Gasteiger partial charge in [0.15, 0.2) is 5.78 Å². The molecular formula is C12H22O2. The zero-order chi connectivity index (χ0) is 11.6. The Balaban J connectivity index is 4.89. The highest BCUT2D eigenvalue weighted by molar-refractivity contribution is 5.94. The molecule has 0 fully saturated rings. The van der Waals surface area contributed by atoms with E-state index >= 15 is 0 Å². The van der Waals surface area contributed by atoms with Gasteiger partial charge in [-0.1, -0.05) is 41.5 Å². The van der Waals surface area contributed by atoms with Crippen LogP contribution in [-0.2, 0) is 9.53 Å². The minimum atomic E-state index is -0.338. The van der Waals surface area contributed by atoms with Crippen LogP contribution in [0.1, 0.15) is 41.5 Å². The third-order valence-corrected chi connectivity index (χ3v) is 1.96. The first-order valence-electron chi connectivity index (χ1n) is 4.89. The molecule has 14 heavy (non-hydrogen) atoms. The fourth-order valence-corrected chi connectivity index (χ4v) is 0.917. The van der Waals surface area contributed by atoms with E-state index in [1.807, 2.05) is 41.5 Å². The number of allylic oxidation sites excluding steroid dienone is 2. The van der Waals surface area contributed by atoms with Crippen LogP contribution in [0.25, 0.3) is 0 Å². The summed E-state index contributed by atoms with van der Waals surface area (Å²) in [6.07, 6.45) is 1.61. The first-order chi connectivity index (χ1) is 6.09. The quantitative estimate of drug-likeness (QED) is 0.503. The van der Waals surface area contributed by atoms with Crippen LogP contribution in [0.4, 0.5) is 0 Å². The molecule has 0 radical (unpaired) electrons. The van der Waals surface area contributed by atoms with Crippen molar-refractivity contribution < 1.29 is 9.53 Å². The van der Waals surface area contributed by atoms with Crippen molar-refractivity contribution in [3.63, 3.8) is 0 Å². The Hall–Kier alpha value is -0.790. The molecule has 0 N–H and O–H groups in total. The van der Waals surface area contributed by atoms with Crippen LogP contribution >= 0.6 is 0 Å². The van der Waals surface area contributed by atoms with Crippen LogP contribution in [0.3, 0.4) is 0 Å². The van der Waals surface area contributed by atoms with Crippen molar-refractivity contribution in [3.8, 4) is 0 Å². The number of carbonyl (C=O) groups is 1. The fourth-order valence-electron chi connectivity index (χ4n) is 0.917. The van der Waals surface area contributed by atoms with Crippen molar-refractivity contribution in [3.05, 3.63) is 11.8 Å². The number of methoxy groups -OCH3 is 1. The number of hydrogen-bond acceptors (Lipinski definition) is 2. The third-order valence-electron chi connectivity index (χ3n) is 1.96. The number of hydrogen-bond donors (Lipinski definition) is 0. The van der Waals surface area contributed by atoms with E-state index < -0.39 is 0 Å². The summed E-state index contributed by atoms with van der Waals surface area (Å²) in [5, 5.41) is 0.